The van der Waals surface area contributed by atoms with Crippen LogP contribution in [0, 0.1) is 0 Å². The fourth-order valence-electron chi connectivity index (χ4n) is 2.27. The molecule has 0 fully saturated rings. The highest BCUT2D eigenvalue weighted by atomic mass is 79.9. The van der Waals surface area contributed by atoms with Gasteiger partial charge in [-0.15, -0.1) is 11.8 Å². The Kier molecular flexibility index (Phi) is 5.80. The van der Waals surface area contributed by atoms with Crippen LogP contribution < -0.4 is 5.32 Å². The molecule has 2 rings (SSSR count). The highest BCUT2D eigenvalue weighted by Gasteiger charge is 2.14. The average molecular weight is 326 g/mol. The van der Waals surface area contributed by atoms with Crippen molar-refractivity contribution in [2.24, 2.45) is 0 Å². The van der Waals surface area contributed by atoms with E-state index in [4.69, 9.17) is 0 Å². The van der Waals surface area contributed by atoms with Crippen molar-refractivity contribution in [2.45, 2.75) is 36.6 Å². The van der Waals surface area contributed by atoms with Crippen molar-refractivity contribution in [1.82, 2.24) is 5.32 Å². The fourth-order valence-corrected chi connectivity index (χ4v) is 3.60. The average Bonchev–Trinajstić information content (AvgIpc) is 2.43. The van der Waals surface area contributed by atoms with E-state index < -0.39 is 0 Å². The first kappa shape index (κ1) is 14.2. The van der Waals surface area contributed by atoms with Crippen LogP contribution in [0.5, 0.6) is 0 Å². The number of rotatable bonds is 5. The smallest absolute Gasteiger partial charge is 0.0371 e. The third kappa shape index (κ3) is 4.15. The molecule has 0 heterocycles. The lowest BCUT2D eigenvalue weighted by Crippen LogP contribution is -2.30. The molecule has 1 atom stereocenters. The predicted octanol–water partition coefficient (Wildman–Crippen LogP) is 4.63. The van der Waals surface area contributed by atoms with E-state index in [1.165, 1.54) is 30.6 Å². The van der Waals surface area contributed by atoms with Crippen molar-refractivity contribution in [1.29, 1.82) is 0 Å². The van der Waals surface area contributed by atoms with Crippen LogP contribution in [-0.4, -0.2) is 18.8 Å². The zero-order chi connectivity index (χ0) is 12.8. The van der Waals surface area contributed by atoms with Crippen LogP contribution in [-0.2, 0) is 0 Å². The SMILES string of the molecule is CNC(CSc1ccc(Br)cc1)C1=CCCCC1. The predicted molar refractivity (Wildman–Crippen MR) is 84.3 cm³/mol. The third-order valence-electron chi connectivity index (χ3n) is 3.35. The van der Waals surface area contributed by atoms with E-state index in [2.05, 4.69) is 58.6 Å². The lowest BCUT2D eigenvalue weighted by Gasteiger charge is -2.22. The molecule has 0 saturated carbocycles. The number of allylic oxidation sites excluding steroid dienone is 1. The molecule has 1 aliphatic carbocycles. The van der Waals surface area contributed by atoms with Crippen LogP contribution in [0.3, 0.4) is 0 Å². The maximum absolute atomic E-state index is 3.47. The maximum atomic E-state index is 3.47. The summed E-state index contributed by atoms with van der Waals surface area (Å²) in [4.78, 5) is 1.34. The van der Waals surface area contributed by atoms with Crippen LogP contribution >= 0.6 is 27.7 Å². The number of nitrogens with one attached hydrogen (secondary N) is 1. The normalized spacial score (nSPS) is 17.3. The van der Waals surface area contributed by atoms with Gasteiger partial charge in [-0.1, -0.05) is 27.6 Å². The summed E-state index contributed by atoms with van der Waals surface area (Å²) in [6, 6.07) is 9.10. The highest BCUT2D eigenvalue weighted by Crippen LogP contribution is 2.26. The molecule has 18 heavy (non-hydrogen) atoms. The van der Waals surface area contributed by atoms with Crippen LogP contribution in [0.1, 0.15) is 25.7 Å². The van der Waals surface area contributed by atoms with Crippen molar-refractivity contribution < 1.29 is 0 Å². The summed E-state index contributed by atoms with van der Waals surface area (Å²) < 4.78 is 1.15. The molecule has 0 aromatic heterocycles. The molecule has 0 amide bonds. The molecule has 98 valence electrons. The molecule has 0 spiro atoms. The Balaban J connectivity index is 1.90. The van der Waals surface area contributed by atoms with Gasteiger partial charge < -0.3 is 5.32 Å². The van der Waals surface area contributed by atoms with Gasteiger partial charge in [-0.05, 0) is 57.0 Å². The van der Waals surface area contributed by atoms with Gasteiger partial charge in [0.2, 0.25) is 0 Å². The monoisotopic (exact) mass is 325 g/mol. The standard InChI is InChI=1S/C15H20BrNS/c1-17-15(12-5-3-2-4-6-12)11-18-14-9-7-13(16)8-10-14/h5,7-10,15,17H,2-4,6,11H2,1H3. The van der Waals surface area contributed by atoms with E-state index in [1.807, 2.05) is 11.8 Å². The van der Waals surface area contributed by atoms with Crippen molar-refractivity contribution in [2.75, 3.05) is 12.8 Å². The maximum Gasteiger partial charge on any atom is 0.0371 e. The molecule has 0 bridgehead atoms. The number of hydrogen-bond donors (Lipinski definition) is 1. The van der Waals surface area contributed by atoms with Crippen LogP contribution in [0.25, 0.3) is 0 Å². The molecule has 0 aliphatic heterocycles. The van der Waals surface area contributed by atoms with Crippen molar-refractivity contribution in [3.05, 3.63) is 40.4 Å². The fraction of sp³-hybridized carbons (Fsp3) is 0.467. The topological polar surface area (TPSA) is 12.0 Å². The Morgan fingerprint density at radius 3 is 2.67 bits per heavy atom. The lowest BCUT2D eigenvalue weighted by molar-refractivity contribution is 0.608. The summed E-state index contributed by atoms with van der Waals surface area (Å²) in [6.07, 6.45) is 7.68. The number of halogens is 1. The summed E-state index contributed by atoms with van der Waals surface area (Å²) in [6.45, 7) is 0. The zero-order valence-electron chi connectivity index (χ0n) is 10.8. The Labute approximate surface area is 123 Å². The molecule has 0 saturated heterocycles. The van der Waals surface area contributed by atoms with Crippen molar-refractivity contribution >= 4 is 27.7 Å². The first-order valence-electron chi connectivity index (χ1n) is 6.54. The van der Waals surface area contributed by atoms with Crippen LogP contribution in [0.2, 0.25) is 0 Å². The Hall–Kier alpha value is -0.250. The van der Waals surface area contributed by atoms with Gasteiger partial charge in [-0.2, -0.15) is 0 Å². The second-order valence-electron chi connectivity index (χ2n) is 4.63. The summed E-state index contributed by atoms with van der Waals surface area (Å²) in [5, 5.41) is 3.46. The summed E-state index contributed by atoms with van der Waals surface area (Å²) in [5.41, 5.74) is 1.60. The van der Waals surface area contributed by atoms with Crippen molar-refractivity contribution in [3.8, 4) is 0 Å². The minimum absolute atomic E-state index is 0.527. The Morgan fingerprint density at radius 1 is 1.28 bits per heavy atom. The van der Waals surface area contributed by atoms with E-state index in [1.54, 1.807) is 5.57 Å². The molecule has 1 nitrogen and oxygen atoms in total. The van der Waals surface area contributed by atoms with E-state index in [9.17, 15) is 0 Å². The Morgan fingerprint density at radius 2 is 2.06 bits per heavy atom. The molecule has 3 heteroatoms. The number of likely N-dealkylation sites (N-methyl/N-ethyl adjacent to an activating group) is 1. The van der Waals surface area contributed by atoms with Gasteiger partial charge in [0.05, 0.1) is 0 Å². The molecule has 1 unspecified atom stereocenters. The van der Waals surface area contributed by atoms with Gasteiger partial charge in [-0.25, -0.2) is 0 Å². The van der Waals surface area contributed by atoms with E-state index >= 15 is 0 Å². The van der Waals surface area contributed by atoms with Gasteiger partial charge in [0.25, 0.3) is 0 Å². The highest BCUT2D eigenvalue weighted by molar-refractivity contribution is 9.10. The molecular formula is C15H20BrNS. The lowest BCUT2D eigenvalue weighted by atomic mass is 9.95. The van der Waals surface area contributed by atoms with E-state index in [0.29, 0.717) is 6.04 Å². The number of hydrogen-bond acceptors (Lipinski definition) is 2. The van der Waals surface area contributed by atoms with Gasteiger partial charge >= 0.3 is 0 Å². The molecule has 1 aliphatic rings. The van der Waals surface area contributed by atoms with Crippen molar-refractivity contribution in [3.63, 3.8) is 0 Å². The molecular weight excluding hydrogens is 306 g/mol. The molecule has 1 aromatic rings. The minimum Gasteiger partial charge on any atom is -0.313 e. The van der Waals surface area contributed by atoms with Crippen LogP contribution in [0.15, 0.2) is 45.3 Å². The van der Waals surface area contributed by atoms with Gasteiger partial charge in [0.1, 0.15) is 0 Å². The van der Waals surface area contributed by atoms with Gasteiger partial charge in [-0.3, -0.25) is 0 Å². The molecule has 1 N–H and O–H groups in total. The van der Waals surface area contributed by atoms with E-state index in [0.717, 1.165) is 10.2 Å². The Bertz CT molecular complexity index is 399. The minimum atomic E-state index is 0.527. The second-order valence-corrected chi connectivity index (χ2v) is 6.64. The van der Waals surface area contributed by atoms with Gasteiger partial charge in [0, 0.05) is 21.2 Å². The van der Waals surface area contributed by atoms with E-state index in [-0.39, 0.29) is 0 Å². The second kappa shape index (κ2) is 7.37. The summed E-state index contributed by atoms with van der Waals surface area (Å²) in [7, 11) is 2.07. The molecule has 0 radical (unpaired) electrons. The zero-order valence-corrected chi connectivity index (χ0v) is 13.2. The quantitative estimate of drug-likeness (QED) is 0.625. The number of benzene rings is 1. The van der Waals surface area contributed by atoms with Crippen LogP contribution in [0.4, 0.5) is 0 Å². The third-order valence-corrected chi connectivity index (χ3v) is 4.99. The summed E-state index contributed by atoms with van der Waals surface area (Å²) >= 11 is 5.40. The first-order chi connectivity index (χ1) is 8.79. The molecule has 1 aromatic carbocycles. The number of thioether (sulfide) groups is 1. The largest absolute Gasteiger partial charge is 0.313 e. The first-order valence-corrected chi connectivity index (χ1v) is 8.32. The van der Waals surface area contributed by atoms with Gasteiger partial charge in [0.15, 0.2) is 0 Å². The summed E-state index contributed by atoms with van der Waals surface area (Å²) in [5.74, 6) is 1.12.